The molecule has 0 saturated heterocycles. The first kappa shape index (κ1) is 22.6. The highest BCUT2D eigenvalue weighted by atomic mass is 16.5. The molecule has 166 valence electrons. The number of hydrogen-bond acceptors (Lipinski definition) is 3. The molecule has 0 amide bonds. The van der Waals surface area contributed by atoms with Gasteiger partial charge in [-0.3, -0.25) is 0 Å². The van der Waals surface area contributed by atoms with Crippen LogP contribution in [0.2, 0.25) is 0 Å². The second-order valence-electron chi connectivity index (χ2n) is 7.61. The molecule has 5 rings (SSSR count). The summed E-state index contributed by atoms with van der Waals surface area (Å²) < 4.78 is 12.0. The van der Waals surface area contributed by atoms with Crippen LogP contribution in [-0.4, -0.2) is 6.61 Å². The number of furan rings is 1. The van der Waals surface area contributed by atoms with Gasteiger partial charge in [0.25, 0.3) is 0 Å². The molecule has 0 aliphatic carbocycles. The lowest BCUT2D eigenvalue weighted by Gasteiger charge is -2.09. The maximum absolute atomic E-state index is 8.84. The van der Waals surface area contributed by atoms with Gasteiger partial charge in [-0.2, -0.15) is 5.26 Å². The van der Waals surface area contributed by atoms with Crippen LogP contribution in [0.25, 0.3) is 44.9 Å². The zero-order valence-electron chi connectivity index (χ0n) is 17.9. The third-order valence-electron chi connectivity index (χ3n) is 5.49. The van der Waals surface area contributed by atoms with E-state index in [1.807, 2.05) is 78.9 Å². The van der Waals surface area contributed by atoms with Crippen LogP contribution in [0.3, 0.4) is 0 Å². The molecule has 0 bridgehead atoms. The molecule has 0 saturated carbocycles. The van der Waals surface area contributed by atoms with E-state index in [-0.39, 0.29) is 14.0 Å². The van der Waals surface area contributed by atoms with Gasteiger partial charge >= 0.3 is 0 Å². The average Bonchev–Trinajstić information content (AvgIpc) is 3.34. The van der Waals surface area contributed by atoms with Crippen molar-refractivity contribution in [1.82, 2.24) is 0 Å². The number of rotatable bonds is 6. The minimum absolute atomic E-state index is 0. The lowest BCUT2D eigenvalue weighted by Crippen LogP contribution is -1.93. The highest BCUT2D eigenvalue weighted by Gasteiger charge is 2.18. The van der Waals surface area contributed by atoms with E-state index in [1.54, 1.807) is 0 Å². The summed E-state index contributed by atoms with van der Waals surface area (Å²) in [5, 5.41) is 8.84. The van der Waals surface area contributed by atoms with Crippen LogP contribution in [0.15, 0.2) is 120 Å². The summed E-state index contributed by atoms with van der Waals surface area (Å²) >= 11 is 0. The van der Waals surface area contributed by atoms with Crippen LogP contribution < -0.4 is 4.74 Å². The smallest absolute Gasteiger partial charge is 0.174 e. The van der Waals surface area contributed by atoms with Crippen molar-refractivity contribution >= 4 is 0 Å². The van der Waals surface area contributed by atoms with E-state index in [9.17, 15) is 0 Å². The maximum Gasteiger partial charge on any atom is 0.174 e. The zero-order chi connectivity index (χ0) is 22.5. The van der Waals surface area contributed by atoms with Crippen molar-refractivity contribution in [3.05, 3.63) is 115 Å². The maximum atomic E-state index is 8.84. The molecule has 0 atom stereocenters. The van der Waals surface area contributed by atoms with Gasteiger partial charge in [0.1, 0.15) is 23.3 Å². The van der Waals surface area contributed by atoms with E-state index in [4.69, 9.17) is 14.4 Å². The first-order valence-corrected chi connectivity index (χ1v) is 10.8. The molecule has 0 aliphatic heterocycles. The molecule has 5 aromatic rings. The molecule has 1 aromatic heterocycles. The SMILES string of the molecule is C.N#CCOc1cccc(-c2ccccc2-c2cc(-c3ccccc3)c(-c3ccccc3)o2)c1. The molecule has 0 spiro atoms. The largest absolute Gasteiger partial charge is 0.479 e. The lowest BCUT2D eigenvalue weighted by molar-refractivity contribution is 0.368. The monoisotopic (exact) mass is 443 g/mol. The summed E-state index contributed by atoms with van der Waals surface area (Å²) in [6.07, 6.45) is 0. The molecule has 0 N–H and O–H groups in total. The second kappa shape index (κ2) is 10.4. The van der Waals surface area contributed by atoms with Gasteiger partial charge in [-0.25, -0.2) is 0 Å². The van der Waals surface area contributed by atoms with E-state index in [2.05, 4.69) is 42.5 Å². The zero-order valence-corrected chi connectivity index (χ0v) is 17.9. The van der Waals surface area contributed by atoms with E-state index in [0.29, 0.717) is 5.75 Å². The first-order chi connectivity index (χ1) is 16.3. The first-order valence-electron chi connectivity index (χ1n) is 10.8. The van der Waals surface area contributed by atoms with Gasteiger partial charge in [-0.05, 0) is 34.9 Å². The minimum Gasteiger partial charge on any atom is -0.479 e. The highest BCUT2D eigenvalue weighted by Crippen LogP contribution is 2.41. The molecule has 1 heterocycles. The summed E-state index contributed by atoms with van der Waals surface area (Å²) in [6.45, 7) is 0.0180. The molecule has 4 aromatic carbocycles. The van der Waals surface area contributed by atoms with Gasteiger partial charge < -0.3 is 9.15 Å². The molecule has 0 aliphatic rings. The van der Waals surface area contributed by atoms with Crippen molar-refractivity contribution in [1.29, 1.82) is 5.26 Å². The summed E-state index contributed by atoms with van der Waals surface area (Å²) in [5.74, 6) is 2.31. The molecule has 0 fully saturated rings. The topological polar surface area (TPSA) is 46.2 Å². The molecular formula is C31H25NO2. The molecule has 3 nitrogen and oxygen atoms in total. The summed E-state index contributed by atoms with van der Waals surface area (Å²) in [4.78, 5) is 0. The van der Waals surface area contributed by atoms with E-state index in [1.165, 1.54) is 0 Å². The third kappa shape index (κ3) is 4.62. The summed E-state index contributed by atoms with van der Waals surface area (Å²) in [6, 6.07) is 40.6. The molecule has 0 radical (unpaired) electrons. The normalized spacial score (nSPS) is 10.2. The molecular weight excluding hydrogens is 418 g/mol. The van der Waals surface area contributed by atoms with Crippen molar-refractivity contribution < 1.29 is 9.15 Å². The standard InChI is InChI=1S/C30H21NO2.CH4/c31-18-19-32-25-15-9-14-24(20-25)26-16-7-8-17-27(26)29-21-28(22-10-3-1-4-11-22)30(33-29)23-12-5-2-6-13-23;/h1-17,20-21H,19H2;1H4. The fourth-order valence-electron chi connectivity index (χ4n) is 3.98. The highest BCUT2D eigenvalue weighted by molar-refractivity contribution is 5.88. The van der Waals surface area contributed by atoms with Gasteiger partial charge in [0.2, 0.25) is 0 Å². The molecule has 34 heavy (non-hydrogen) atoms. The Morgan fingerprint density at radius 1 is 0.618 bits per heavy atom. The molecule has 0 unspecified atom stereocenters. The quantitative estimate of drug-likeness (QED) is 0.264. The van der Waals surface area contributed by atoms with Crippen molar-refractivity contribution in [2.24, 2.45) is 0 Å². The van der Waals surface area contributed by atoms with Gasteiger partial charge in [0.05, 0.1) is 0 Å². The van der Waals surface area contributed by atoms with Crippen LogP contribution in [0, 0.1) is 11.3 Å². The fraction of sp³-hybridized carbons (Fsp3) is 0.0645. The Hall–Kier alpha value is -4.55. The Morgan fingerprint density at radius 2 is 1.24 bits per heavy atom. The van der Waals surface area contributed by atoms with Crippen LogP contribution in [-0.2, 0) is 0 Å². The van der Waals surface area contributed by atoms with Crippen LogP contribution in [0.5, 0.6) is 5.75 Å². The van der Waals surface area contributed by atoms with Gasteiger partial charge in [-0.1, -0.05) is 104 Å². The van der Waals surface area contributed by atoms with Crippen LogP contribution in [0.1, 0.15) is 7.43 Å². The van der Waals surface area contributed by atoms with Crippen LogP contribution in [0.4, 0.5) is 0 Å². The van der Waals surface area contributed by atoms with Crippen molar-refractivity contribution in [3.8, 4) is 56.7 Å². The summed E-state index contributed by atoms with van der Waals surface area (Å²) in [5.41, 5.74) is 6.22. The Bertz CT molecular complexity index is 1360. The van der Waals surface area contributed by atoms with Gasteiger partial charge in [-0.15, -0.1) is 0 Å². The predicted molar refractivity (Wildman–Crippen MR) is 138 cm³/mol. The lowest BCUT2D eigenvalue weighted by atomic mass is 9.97. The van der Waals surface area contributed by atoms with E-state index in [0.717, 1.165) is 44.9 Å². The number of hydrogen-bond donors (Lipinski definition) is 0. The Kier molecular flexibility index (Phi) is 6.91. The Balaban J connectivity index is 0.00000274. The van der Waals surface area contributed by atoms with Gasteiger partial charge in [0, 0.05) is 16.7 Å². The van der Waals surface area contributed by atoms with Gasteiger partial charge in [0.15, 0.2) is 6.61 Å². The average molecular weight is 444 g/mol. The van der Waals surface area contributed by atoms with Crippen molar-refractivity contribution in [2.75, 3.05) is 6.61 Å². The van der Waals surface area contributed by atoms with E-state index < -0.39 is 0 Å². The third-order valence-corrected chi connectivity index (χ3v) is 5.49. The second-order valence-corrected chi connectivity index (χ2v) is 7.61. The number of nitrogens with zero attached hydrogens (tertiary/aromatic N) is 1. The van der Waals surface area contributed by atoms with Crippen molar-refractivity contribution in [2.45, 2.75) is 7.43 Å². The fourth-order valence-corrected chi connectivity index (χ4v) is 3.98. The Labute approximate surface area is 200 Å². The number of ether oxygens (including phenoxy) is 1. The predicted octanol–water partition coefficient (Wildman–Crippen LogP) is 8.49. The van der Waals surface area contributed by atoms with E-state index >= 15 is 0 Å². The van der Waals surface area contributed by atoms with Crippen molar-refractivity contribution in [3.63, 3.8) is 0 Å². The minimum atomic E-state index is 0. The molecule has 3 heteroatoms. The number of benzene rings is 4. The van der Waals surface area contributed by atoms with Crippen LogP contribution >= 0.6 is 0 Å². The summed E-state index contributed by atoms with van der Waals surface area (Å²) in [7, 11) is 0. The number of nitriles is 1. The Morgan fingerprint density at radius 3 is 1.94 bits per heavy atom.